The molecule has 2 aromatic carbocycles. The number of rotatable bonds is 11. The fraction of sp³-hybridized carbons (Fsp3) is 0.361. The molecular formula is C36H33F7N6O3. The Labute approximate surface area is 293 Å². The highest BCUT2D eigenvalue weighted by Crippen LogP contribution is 2.47. The van der Waals surface area contributed by atoms with Gasteiger partial charge in [0.15, 0.2) is 11.6 Å². The number of aromatic nitrogens is 4. The first kappa shape index (κ1) is 38.1. The summed E-state index contributed by atoms with van der Waals surface area (Å²) in [4.78, 5) is 50.6. The van der Waals surface area contributed by atoms with E-state index < -0.39 is 58.5 Å². The summed E-state index contributed by atoms with van der Waals surface area (Å²) in [5, 5.41) is 1.48. The normalized spacial score (nSPS) is 15.7. The molecule has 0 atom stereocenters. The Bertz CT molecular complexity index is 1930. The SMILES string of the molecule is NCC(=O)c1cnc(CC2(c3ccc(F)cc3F)CCC2)nc1.O=C(CNC(=O)C(F)(F)F)c1cnc(CC2(c3ccc(F)cc3F)CCC2)nc1. The molecule has 0 spiro atoms. The topological polar surface area (TPSA) is 141 Å². The van der Waals surface area contributed by atoms with Crippen molar-refractivity contribution in [1.82, 2.24) is 25.3 Å². The lowest BCUT2D eigenvalue weighted by Gasteiger charge is -2.42. The maximum absolute atomic E-state index is 14.2. The van der Waals surface area contributed by atoms with Crippen LogP contribution in [-0.2, 0) is 28.5 Å². The Morgan fingerprint density at radius 1 is 0.673 bits per heavy atom. The van der Waals surface area contributed by atoms with E-state index in [4.69, 9.17) is 5.73 Å². The second-order valence-electron chi connectivity index (χ2n) is 12.9. The highest BCUT2D eigenvalue weighted by molar-refractivity contribution is 5.99. The minimum absolute atomic E-state index is 0.0631. The number of Topliss-reactive ketones (excluding diaryl/α,β-unsaturated/α-hetero) is 2. The van der Waals surface area contributed by atoms with E-state index in [2.05, 4.69) is 19.9 Å². The number of ketones is 2. The molecule has 2 aliphatic carbocycles. The van der Waals surface area contributed by atoms with Crippen molar-refractivity contribution in [3.05, 3.63) is 118 Å². The highest BCUT2D eigenvalue weighted by atomic mass is 19.4. The van der Waals surface area contributed by atoms with Crippen molar-refractivity contribution in [2.75, 3.05) is 13.1 Å². The highest BCUT2D eigenvalue weighted by Gasteiger charge is 2.43. The molecule has 16 heteroatoms. The first-order valence-electron chi connectivity index (χ1n) is 16.3. The molecule has 2 fully saturated rings. The fourth-order valence-electron chi connectivity index (χ4n) is 6.40. The predicted octanol–water partition coefficient (Wildman–Crippen LogP) is 5.84. The molecule has 1 amide bonds. The third-order valence-corrected chi connectivity index (χ3v) is 9.53. The van der Waals surface area contributed by atoms with Gasteiger partial charge in [-0.25, -0.2) is 37.5 Å². The molecule has 0 aliphatic heterocycles. The third kappa shape index (κ3) is 8.66. The van der Waals surface area contributed by atoms with Crippen molar-refractivity contribution in [2.45, 2.75) is 68.4 Å². The van der Waals surface area contributed by atoms with Crippen LogP contribution in [0.3, 0.4) is 0 Å². The monoisotopic (exact) mass is 730 g/mol. The van der Waals surface area contributed by atoms with Crippen LogP contribution in [0.25, 0.3) is 0 Å². The van der Waals surface area contributed by atoms with E-state index in [0.717, 1.165) is 50.2 Å². The Hall–Kier alpha value is -5.12. The summed E-state index contributed by atoms with van der Waals surface area (Å²) < 4.78 is 91.1. The summed E-state index contributed by atoms with van der Waals surface area (Å²) >= 11 is 0. The smallest absolute Gasteiger partial charge is 0.341 e. The molecule has 2 aromatic heterocycles. The molecule has 9 nitrogen and oxygen atoms in total. The van der Waals surface area contributed by atoms with Gasteiger partial charge in [-0.2, -0.15) is 13.2 Å². The summed E-state index contributed by atoms with van der Waals surface area (Å²) in [6, 6.07) is 7.13. The number of nitrogens with two attached hydrogens (primary N) is 1. The molecule has 0 unspecified atom stereocenters. The zero-order valence-corrected chi connectivity index (χ0v) is 27.6. The van der Waals surface area contributed by atoms with Crippen LogP contribution in [0.2, 0.25) is 0 Å². The standard InChI is InChI=1S/C19H16F5N3O2.C17H17F2N3O/c20-12-2-3-13(14(21)6-12)18(4-1-5-18)7-16-25-8-11(9-26-16)15(28)10-27-17(29)19(22,23)24;18-12-2-3-13(14(19)6-12)17(4-1-5-17)7-16-21-9-11(10-22-16)15(23)8-20/h2-3,6,8-9H,1,4-5,7,10H2,(H,27,29);2-3,6,9-10H,1,4-5,7-8,20H2. The second kappa shape index (κ2) is 15.6. The average Bonchev–Trinajstić information content (AvgIpc) is 3.07. The van der Waals surface area contributed by atoms with Gasteiger partial charge in [0.2, 0.25) is 0 Å². The fourth-order valence-corrected chi connectivity index (χ4v) is 6.40. The maximum Gasteiger partial charge on any atom is 0.471 e. The molecule has 274 valence electrons. The molecule has 52 heavy (non-hydrogen) atoms. The van der Waals surface area contributed by atoms with Crippen LogP contribution < -0.4 is 11.1 Å². The molecule has 3 N–H and O–H groups in total. The van der Waals surface area contributed by atoms with Gasteiger partial charge in [0.1, 0.15) is 34.9 Å². The lowest BCUT2D eigenvalue weighted by Crippen LogP contribution is -2.39. The van der Waals surface area contributed by atoms with E-state index in [1.807, 2.05) is 0 Å². The maximum atomic E-state index is 14.2. The van der Waals surface area contributed by atoms with Gasteiger partial charge in [-0.3, -0.25) is 14.4 Å². The number of alkyl halides is 3. The minimum atomic E-state index is -5.08. The lowest BCUT2D eigenvalue weighted by molar-refractivity contribution is -0.173. The van der Waals surface area contributed by atoms with Crippen molar-refractivity contribution in [3.8, 4) is 0 Å². The molecule has 2 saturated carbocycles. The molecule has 2 aliphatic rings. The van der Waals surface area contributed by atoms with Gasteiger partial charge >= 0.3 is 12.1 Å². The lowest BCUT2D eigenvalue weighted by atomic mass is 9.62. The number of benzene rings is 2. The zero-order chi connectivity index (χ0) is 37.7. The van der Waals surface area contributed by atoms with Gasteiger partial charge in [-0.15, -0.1) is 0 Å². The molecule has 0 saturated heterocycles. The van der Waals surface area contributed by atoms with Crippen LogP contribution >= 0.6 is 0 Å². The number of hydrogen-bond acceptors (Lipinski definition) is 8. The van der Waals surface area contributed by atoms with Crippen molar-refractivity contribution in [1.29, 1.82) is 0 Å². The van der Waals surface area contributed by atoms with Crippen molar-refractivity contribution in [3.63, 3.8) is 0 Å². The number of amides is 1. The number of halogens is 7. The summed E-state index contributed by atoms with van der Waals surface area (Å²) in [5.74, 6) is -4.77. The third-order valence-electron chi connectivity index (χ3n) is 9.53. The quantitative estimate of drug-likeness (QED) is 0.145. The van der Waals surface area contributed by atoms with E-state index >= 15 is 0 Å². The van der Waals surface area contributed by atoms with Gasteiger partial charge in [0.25, 0.3) is 0 Å². The number of carbonyl (C=O) groups is 3. The van der Waals surface area contributed by atoms with E-state index in [9.17, 15) is 45.1 Å². The van der Waals surface area contributed by atoms with E-state index in [-0.39, 0.29) is 24.3 Å². The van der Waals surface area contributed by atoms with E-state index in [1.165, 1.54) is 42.0 Å². The van der Waals surface area contributed by atoms with Gasteiger partial charge in [0.05, 0.1) is 24.2 Å². The predicted molar refractivity (Wildman–Crippen MR) is 172 cm³/mol. The largest absolute Gasteiger partial charge is 0.471 e. The summed E-state index contributed by atoms with van der Waals surface area (Å²) in [6.07, 6.45) is 5.67. The van der Waals surface area contributed by atoms with Crippen LogP contribution in [0.5, 0.6) is 0 Å². The summed E-state index contributed by atoms with van der Waals surface area (Å²) in [6.45, 7) is -0.931. The van der Waals surface area contributed by atoms with Crippen molar-refractivity contribution >= 4 is 17.5 Å². The van der Waals surface area contributed by atoms with Gasteiger partial charge < -0.3 is 11.1 Å². The Morgan fingerprint density at radius 3 is 1.40 bits per heavy atom. The molecule has 0 radical (unpaired) electrons. The number of nitrogens with zero attached hydrogens (tertiary/aromatic N) is 4. The number of hydrogen-bond donors (Lipinski definition) is 2. The van der Waals surface area contributed by atoms with Crippen LogP contribution in [0.1, 0.15) is 82.0 Å². The molecule has 0 bridgehead atoms. The minimum Gasteiger partial charge on any atom is -0.341 e. The molecule has 2 heterocycles. The van der Waals surface area contributed by atoms with Gasteiger partial charge in [-0.1, -0.05) is 25.0 Å². The van der Waals surface area contributed by atoms with Gasteiger partial charge in [-0.05, 0) is 48.9 Å². The van der Waals surface area contributed by atoms with Crippen molar-refractivity contribution < 1.29 is 45.1 Å². The Morgan fingerprint density at radius 2 is 1.08 bits per heavy atom. The van der Waals surface area contributed by atoms with Crippen LogP contribution in [0.15, 0.2) is 61.2 Å². The molecule has 6 rings (SSSR count). The van der Waals surface area contributed by atoms with Crippen LogP contribution in [0, 0.1) is 23.3 Å². The van der Waals surface area contributed by atoms with Gasteiger partial charge in [0, 0.05) is 60.6 Å². The summed E-state index contributed by atoms with van der Waals surface area (Å²) in [7, 11) is 0. The molecule has 4 aromatic rings. The number of nitrogens with one attached hydrogen (secondary N) is 1. The Kier molecular flexibility index (Phi) is 11.5. The van der Waals surface area contributed by atoms with E-state index in [1.54, 1.807) is 0 Å². The zero-order valence-electron chi connectivity index (χ0n) is 27.6. The Balaban J connectivity index is 0.000000206. The average molecular weight is 731 g/mol. The number of carbonyl (C=O) groups excluding carboxylic acids is 3. The summed E-state index contributed by atoms with van der Waals surface area (Å²) in [5.41, 5.74) is 5.54. The van der Waals surface area contributed by atoms with Crippen molar-refractivity contribution in [2.24, 2.45) is 5.73 Å². The second-order valence-corrected chi connectivity index (χ2v) is 12.9. The van der Waals surface area contributed by atoms with Crippen LogP contribution in [0.4, 0.5) is 30.7 Å². The first-order valence-corrected chi connectivity index (χ1v) is 16.3. The van der Waals surface area contributed by atoms with E-state index in [0.29, 0.717) is 47.6 Å². The van der Waals surface area contributed by atoms with Crippen LogP contribution in [-0.4, -0.2) is 56.7 Å². The molecular weight excluding hydrogens is 697 g/mol. The first-order chi connectivity index (χ1) is 24.6.